The highest BCUT2D eigenvalue weighted by atomic mass is 127. The number of carbonyl (C=O) groups is 1. The number of halogens is 1. The van der Waals surface area contributed by atoms with Crippen LogP contribution in [0.15, 0.2) is 18.3 Å². The third-order valence-corrected chi connectivity index (χ3v) is 1.67. The molecule has 1 rings (SSSR count). The van der Waals surface area contributed by atoms with Gasteiger partial charge in [0, 0.05) is 28.8 Å². The van der Waals surface area contributed by atoms with Crippen LogP contribution in [-0.4, -0.2) is 8.77 Å². The zero-order valence-electron chi connectivity index (χ0n) is 5.47. The highest BCUT2D eigenvalue weighted by Gasteiger charge is 1.99. The van der Waals surface area contributed by atoms with Crippen LogP contribution < -0.4 is 0 Å². The molecule has 2 nitrogen and oxygen atoms in total. The third-order valence-electron chi connectivity index (χ3n) is 1.12. The largest absolute Gasteiger partial charge is 0.280 e. The fraction of sp³-hybridized carbons (Fsp3) is 0.143. The molecule has 0 aliphatic rings. The van der Waals surface area contributed by atoms with Crippen LogP contribution in [0.3, 0.4) is 0 Å². The molecular weight excluding hydrogens is 241 g/mol. The van der Waals surface area contributed by atoms with E-state index in [0.717, 1.165) is 5.56 Å². The molecule has 0 fully saturated rings. The van der Waals surface area contributed by atoms with Gasteiger partial charge in [0.2, 0.25) is 3.79 Å². The lowest BCUT2D eigenvalue weighted by Crippen LogP contribution is -1.92. The predicted octanol–water partition coefficient (Wildman–Crippen LogP) is 1.97. The highest BCUT2D eigenvalue weighted by molar-refractivity contribution is 14.1. The summed E-state index contributed by atoms with van der Waals surface area (Å²) in [4.78, 5) is 14.6. The summed E-state index contributed by atoms with van der Waals surface area (Å²) in [7, 11) is 0. The molecule has 0 saturated heterocycles. The van der Waals surface area contributed by atoms with Crippen LogP contribution in [-0.2, 0) is 0 Å². The predicted molar refractivity (Wildman–Crippen MR) is 47.3 cm³/mol. The van der Waals surface area contributed by atoms with Crippen molar-refractivity contribution in [3.8, 4) is 0 Å². The van der Waals surface area contributed by atoms with Crippen LogP contribution in [0.4, 0.5) is 0 Å². The lowest BCUT2D eigenvalue weighted by molar-refractivity contribution is 0.110. The molecule has 0 amide bonds. The summed E-state index contributed by atoms with van der Waals surface area (Å²) in [6, 6.07) is 3.64. The second-order valence-electron chi connectivity index (χ2n) is 1.99. The van der Waals surface area contributed by atoms with Crippen molar-refractivity contribution in [2.75, 3.05) is 0 Å². The van der Waals surface area contributed by atoms with Crippen molar-refractivity contribution in [2.24, 2.45) is 0 Å². The van der Waals surface area contributed by atoms with E-state index < -0.39 is 0 Å². The molecule has 1 aromatic rings. The van der Waals surface area contributed by atoms with Crippen molar-refractivity contribution in [1.82, 2.24) is 4.98 Å². The zero-order valence-corrected chi connectivity index (χ0v) is 7.62. The third kappa shape index (κ3) is 1.76. The van der Waals surface area contributed by atoms with Crippen LogP contribution >= 0.6 is 22.6 Å². The van der Waals surface area contributed by atoms with E-state index in [9.17, 15) is 4.79 Å². The fourth-order valence-electron chi connectivity index (χ4n) is 0.644. The van der Waals surface area contributed by atoms with Crippen LogP contribution in [0.5, 0.6) is 0 Å². The van der Waals surface area contributed by atoms with Gasteiger partial charge in [-0.1, -0.05) is 0 Å². The Morgan fingerprint density at radius 3 is 2.80 bits per heavy atom. The van der Waals surface area contributed by atoms with E-state index in [1.54, 1.807) is 34.9 Å². The number of rotatable bonds is 1. The first-order valence-corrected chi connectivity index (χ1v) is 3.90. The SMILES string of the molecule is Cc1ccnc(C(=O)I)c1. The van der Waals surface area contributed by atoms with Gasteiger partial charge in [0.15, 0.2) is 0 Å². The first-order chi connectivity index (χ1) is 4.70. The molecule has 0 atom stereocenters. The van der Waals surface area contributed by atoms with Crippen molar-refractivity contribution >= 4 is 26.4 Å². The van der Waals surface area contributed by atoms with E-state index in [1.165, 1.54) is 0 Å². The summed E-state index contributed by atoms with van der Waals surface area (Å²) in [6.45, 7) is 1.94. The quantitative estimate of drug-likeness (QED) is 0.560. The lowest BCUT2D eigenvalue weighted by Gasteiger charge is -1.92. The van der Waals surface area contributed by atoms with Crippen molar-refractivity contribution in [3.63, 3.8) is 0 Å². The number of hydrogen-bond donors (Lipinski definition) is 0. The molecule has 0 aliphatic carbocycles. The molecule has 1 heterocycles. The first kappa shape index (κ1) is 7.65. The van der Waals surface area contributed by atoms with Crippen LogP contribution in [0, 0.1) is 6.92 Å². The number of nitrogens with zero attached hydrogens (tertiary/aromatic N) is 1. The average molecular weight is 247 g/mol. The molecule has 0 bridgehead atoms. The molecule has 0 aromatic carbocycles. The van der Waals surface area contributed by atoms with Crippen molar-refractivity contribution in [3.05, 3.63) is 29.6 Å². The Morgan fingerprint density at radius 2 is 2.40 bits per heavy atom. The average Bonchev–Trinajstić information content (AvgIpc) is 1.88. The fourth-order valence-corrected chi connectivity index (χ4v) is 0.939. The van der Waals surface area contributed by atoms with E-state index in [2.05, 4.69) is 4.98 Å². The minimum atomic E-state index is -0.0127. The Bertz CT molecular complexity index is 260. The smallest absolute Gasteiger partial charge is 0.240 e. The van der Waals surface area contributed by atoms with Crippen molar-refractivity contribution in [2.45, 2.75) is 6.92 Å². The maximum Gasteiger partial charge on any atom is 0.240 e. The van der Waals surface area contributed by atoms with Gasteiger partial charge in [-0.3, -0.25) is 9.78 Å². The number of aryl methyl sites for hydroxylation is 1. The summed E-state index contributed by atoms with van der Waals surface area (Å²) in [5.74, 6) is 0. The maximum absolute atomic E-state index is 10.7. The van der Waals surface area contributed by atoms with Gasteiger partial charge in [-0.05, 0) is 24.6 Å². The molecule has 10 heavy (non-hydrogen) atoms. The summed E-state index contributed by atoms with van der Waals surface area (Å²) in [6.07, 6.45) is 1.64. The molecule has 52 valence electrons. The van der Waals surface area contributed by atoms with Crippen molar-refractivity contribution in [1.29, 1.82) is 0 Å². The topological polar surface area (TPSA) is 30.0 Å². The first-order valence-electron chi connectivity index (χ1n) is 2.82. The Kier molecular flexibility index (Phi) is 2.37. The number of pyridine rings is 1. The van der Waals surface area contributed by atoms with Crippen LogP contribution in [0.2, 0.25) is 0 Å². The van der Waals surface area contributed by atoms with Gasteiger partial charge in [0.1, 0.15) is 5.69 Å². The molecule has 0 saturated carbocycles. The van der Waals surface area contributed by atoms with Crippen LogP contribution in [0.1, 0.15) is 16.1 Å². The van der Waals surface area contributed by atoms with Gasteiger partial charge in [-0.25, -0.2) is 0 Å². The van der Waals surface area contributed by atoms with Gasteiger partial charge in [-0.15, -0.1) is 0 Å². The summed E-state index contributed by atoms with van der Waals surface area (Å²) >= 11 is 1.72. The van der Waals surface area contributed by atoms with Gasteiger partial charge in [-0.2, -0.15) is 0 Å². The second-order valence-corrected chi connectivity index (χ2v) is 2.97. The standard InChI is InChI=1S/C7H6INO/c1-5-2-3-9-6(4-5)7(8)10/h2-4H,1H3. The minimum absolute atomic E-state index is 0.0127. The van der Waals surface area contributed by atoms with Gasteiger partial charge in [0.05, 0.1) is 0 Å². The molecule has 0 N–H and O–H groups in total. The number of aromatic nitrogens is 1. The van der Waals surface area contributed by atoms with E-state index in [0.29, 0.717) is 5.69 Å². The molecule has 0 spiro atoms. The minimum Gasteiger partial charge on any atom is -0.280 e. The zero-order chi connectivity index (χ0) is 7.56. The second kappa shape index (κ2) is 3.09. The monoisotopic (exact) mass is 247 g/mol. The van der Waals surface area contributed by atoms with Gasteiger partial charge in [0.25, 0.3) is 0 Å². The molecule has 0 radical (unpaired) electrons. The van der Waals surface area contributed by atoms with Gasteiger partial charge >= 0.3 is 0 Å². The molecule has 0 aliphatic heterocycles. The molecular formula is C7H6INO. The normalized spacial score (nSPS) is 9.40. The highest BCUT2D eigenvalue weighted by Crippen LogP contribution is 2.04. The van der Waals surface area contributed by atoms with Gasteiger partial charge < -0.3 is 0 Å². The summed E-state index contributed by atoms with van der Waals surface area (Å²) < 4.78 is -0.0127. The van der Waals surface area contributed by atoms with E-state index in [4.69, 9.17) is 0 Å². The Balaban J connectivity index is 3.07. The maximum atomic E-state index is 10.7. The molecule has 0 unspecified atom stereocenters. The van der Waals surface area contributed by atoms with Crippen LogP contribution in [0.25, 0.3) is 0 Å². The van der Waals surface area contributed by atoms with E-state index in [-0.39, 0.29) is 3.79 Å². The Morgan fingerprint density at radius 1 is 1.70 bits per heavy atom. The Hall–Kier alpha value is -0.450. The number of hydrogen-bond acceptors (Lipinski definition) is 2. The van der Waals surface area contributed by atoms with Crippen molar-refractivity contribution < 1.29 is 4.79 Å². The molecule has 1 aromatic heterocycles. The summed E-state index contributed by atoms with van der Waals surface area (Å²) in [5.41, 5.74) is 1.59. The molecule has 3 heteroatoms. The van der Waals surface area contributed by atoms with E-state index in [1.807, 2.05) is 13.0 Å². The summed E-state index contributed by atoms with van der Waals surface area (Å²) in [5, 5.41) is 0. The Labute approximate surface area is 72.8 Å². The number of carbonyl (C=O) groups excluding carboxylic acids is 1. The lowest BCUT2D eigenvalue weighted by atomic mass is 10.2. The van der Waals surface area contributed by atoms with E-state index >= 15 is 0 Å².